The van der Waals surface area contributed by atoms with E-state index in [1.165, 1.54) is 11.1 Å². The molecule has 1 unspecified atom stereocenters. The van der Waals surface area contributed by atoms with E-state index in [4.69, 9.17) is 9.84 Å². The van der Waals surface area contributed by atoms with Crippen molar-refractivity contribution in [3.8, 4) is 0 Å². The van der Waals surface area contributed by atoms with Gasteiger partial charge in [0.15, 0.2) is 11.6 Å². The third kappa shape index (κ3) is 7.42. The number of amides is 1. The minimum absolute atomic E-state index is 0.0946. The Balaban J connectivity index is 1.30. The molecule has 0 aliphatic carbocycles. The van der Waals surface area contributed by atoms with Crippen molar-refractivity contribution in [1.82, 2.24) is 29.5 Å². The van der Waals surface area contributed by atoms with Crippen molar-refractivity contribution in [1.29, 1.82) is 0 Å². The molecular formula is C29H44N8O3Si. The molecule has 1 aromatic carbocycles. The first-order chi connectivity index (χ1) is 19.7. The molecule has 2 aromatic heterocycles. The number of nitrogens with zero attached hydrogens (tertiary/aromatic N) is 7. The summed E-state index contributed by atoms with van der Waals surface area (Å²) in [7, 11) is -1.22. The molecule has 2 aliphatic rings. The molecule has 2 N–H and O–H groups in total. The molecule has 1 atom stereocenters. The largest absolute Gasteiger partial charge is 0.390 e. The molecule has 0 bridgehead atoms. The fourth-order valence-electron chi connectivity index (χ4n) is 5.49. The van der Waals surface area contributed by atoms with Crippen LogP contribution in [-0.2, 0) is 29.2 Å². The maximum atomic E-state index is 11.9. The Kier molecular flexibility index (Phi) is 9.22. The molecular weight excluding hydrogens is 536 g/mol. The van der Waals surface area contributed by atoms with Crippen LogP contribution in [0.1, 0.15) is 18.1 Å². The van der Waals surface area contributed by atoms with Gasteiger partial charge < -0.3 is 25.0 Å². The lowest BCUT2D eigenvalue weighted by atomic mass is 10.00. The zero-order valence-corrected chi connectivity index (χ0v) is 25.8. The summed E-state index contributed by atoms with van der Waals surface area (Å²) < 4.78 is 7.92. The van der Waals surface area contributed by atoms with Gasteiger partial charge in [0.2, 0.25) is 5.91 Å². The minimum atomic E-state index is -1.22. The van der Waals surface area contributed by atoms with Gasteiger partial charge in [-0.05, 0) is 23.6 Å². The van der Waals surface area contributed by atoms with Gasteiger partial charge in [0.05, 0.1) is 6.10 Å². The third-order valence-electron chi connectivity index (χ3n) is 7.92. The molecule has 1 saturated heterocycles. The summed E-state index contributed by atoms with van der Waals surface area (Å²) in [5.74, 6) is 1.50. The van der Waals surface area contributed by atoms with Crippen LogP contribution in [0.5, 0.6) is 0 Å². The number of aliphatic hydroxyl groups excluding tert-OH is 1. The average Bonchev–Trinajstić information content (AvgIpc) is 3.31. The van der Waals surface area contributed by atoms with E-state index < -0.39 is 14.2 Å². The van der Waals surface area contributed by atoms with Crippen molar-refractivity contribution < 1.29 is 14.6 Å². The number of nitrogens with one attached hydrogen (secondary N) is 1. The van der Waals surface area contributed by atoms with Crippen molar-refractivity contribution >= 4 is 36.7 Å². The van der Waals surface area contributed by atoms with Crippen LogP contribution in [0.3, 0.4) is 0 Å². The van der Waals surface area contributed by atoms with E-state index in [9.17, 15) is 9.90 Å². The SMILES string of the molecule is CC(=O)N1CCN(c2ncnc3c(NCC(O)CN4CCc5ccccc5C4)nn(COCC[Si](C)(C)C)c23)CC1. The predicted molar refractivity (Wildman–Crippen MR) is 164 cm³/mol. The predicted octanol–water partition coefficient (Wildman–Crippen LogP) is 2.64. The molecule has 222 valence electrons. The van der Waals surface area contributed by atoms with Crippen LogP contribution in [0.2, 0.25) is 25.7 Å². The number of anilines is 2. The van der Waals surface area contributed by atoms with Gasteiger partial charge in [-0.25, -0.2) is 14.6 Å². The number of hydrogen-bond acceptors (Lipinski definition) is 9. The molecule has 11 nitrogen and oxygen atoms in total. The van der Waals surface area contributed by atoms with Crippen LogP contribution in [0.15, 0.2) is 30.6 Å². The number of carbonyl (C=O) groups is 1. The van der Waals surface area contributed by atoms with Crippen molar-refractivity contribution in [2.75, 3.05) is 62.6 Å². The van der Waals surface area contributed by atoms with Crippen LogP contribution in [0, 0.1) is 0 Å². The molecule has 0 radical (unpaired) electrons. The topological polar surface area (TPSA) is 112 Å². The van der Waals surface area contributed by atoms with Crippen LogP contribution >= 0.6 is 0 Å². The zero-order chi connectivity index (χ0) is 29.0. The number of fused-ring (bicyclic) bond motifs is 2. The number of benzene rings is 1. The maximum Gasteiger partial charge on any atom is 0.219 e. The Morgan fingerprint density at radius 3 is 2.59 bits per heavy atom. The Bertz CT molecular complexity index is 1340. The number of piperazine rings is 1. The molecule has 5 rings (SSSR count). The van der Waals surface area contributed by atoms with E-state index in [0.717, 1.165) is 36.9 Å². The van der Waals surface area contributed by atoms with Gasteiger partial charge in [-0.3, -0.25) is 9.69 Å². The quantitative estimate of drug-likeness (QED) is 0.261. The monoisotopic (exact) mass is 580 g/mol. The average molecular weight is 581 g/mol. The maximum absolute atomic E-state index is 11.9. The first-order valence-corrected chi connectivity index (χ1v) is 18.4. The van der Waals surface area contributed by atoms with Gasteiger partial charge in [-0.1, -0.05) is 43.9 Å². The van der Waals surface area contributed by atoms with Crippen molar-refractivity contribution in [3.63, 3.8) is 0 Å². The summed E-state index contributed by atoms with van der Waals surface area (Å²) in [5, 5.41) is 19.1. The van der Waals surface area contributed by atoms with Crippen molar-refractivity contribution in [2.24, 2.45) is 0 Å². The molecule has 41 heavy (non-hydrogen) atoms. The van der Waals surface area contributed by atoms with Gasteiger partial charge >= 0.3 is 0 Å². The summed E-state index contributed by atoms with van der Waals surface area (Å²) in [6.45, 7) is 15.0. The number of rotatable bonds is 11. The highest BCUT2D eigenvalue weighted by molar-refractivity contribution is 6.76. The molecule has 3 aromatic rings. The van der Waals surface area contributed by atoms with Gasteiger partial charge in [-0.2, -0.15) is 5.10 Å². The van der Waals surface area contributed by atoms with Crippen molar-refractivity contribution in [2.45, 2.75) is 58.4 Å². The molecule has 4 heterocycles. The first kappa shape index (κ1) is 29.4. The van der Waals surface area contributed by atoms with E-state index in [1.807, 2.05) is 9.58 Å². The highest BCUT2D eigenvalue weighted by Crippen LogP contribution is 2.29. The van der Waals surface area contributed by atoms with Gasteiger partial charge in [0.25, 0.3) is 0 Å². The molecule has 1 amide bonds. The number of carbonyl (C=O) groups excluding carboxylic acids is 1. The van der Waals surface area contributed by atoms with Gasteiger partial charge in [0, 0.05) is 74.0 Å². The van der Waals surface area contributed by atoms with Gasteiger partial charge in [-0.15, -0.1) is 0 Å². The van der Waals surface area contributed by atoms with E-state index >= 15 is 0 Å². The summed E-state index contributed by atoms with van der Waals surface area (Å²) in [5.41, 5.74) is 4.25. The lowest BCUT2D eigenvalue weighted by Crippen LogP contribution is -2.48. The minimum Gasteiger partial charge on any atom is -0.390 e. The van der Waals surface area contributed by atoms with Crippen LogP contribution in [-0.4, -0.2) is 107 Å². The second-order valence-corrected chi connectivity index (χ2v) is 18.0. The van der Waals surface area contributed by atoms with Crippen molar-refractivity contribution in [3.05, 3.63) is 41.7 Å². The normalized spacial score (nSPS) is 17.1. The number of hydrogen-bond donors (Lipinski definition) is 2. The number of aromatic nitrogens is 4. The zero-order valence-electron chi connectivity index (χ0n) is 24.8. The number of aliphatic hydroxyl groups is 1. The summed E-state index contributed by atoms with van der Waals surface area (Å²) in [4.78, 5) is 27.5. The van der Waals surface area contributed by atoms with E-state index in [-0.39, 0.29) is 5.91 Å². The van der Waals surface area contributed by atoms with E-state index in [2.05, 4.69) is 69.0 Å². The summed E-state index contributed by atoms with van der Waals surface area (Å²) in [6.07, 6.45) is 2.01. The Morgan fingerprint density at radius 2 is 1.85 bits per heavy atom. The van der Waals surface area contributed by atoms with E-state index in [0.29, 0.717) is 63.9 Å². The number of β-amino-alcohol motifs (C(OH)–C–C–N with tert-alkyl or cyclic N) is 1. The lowest BCUT2D eigenvalue weighted by molar-refractivity contribution is -0.129. The highest BCUT2D eigenvalue weighted by Gasteiger charge is 2.26. The third-order valence-corrected chi connectivity index (χ3v) is 9.63. The second-order valence-electron chi connectivity index (χ2n) is 12.4. The van der Waals surface area contributed by atoms with Gasteiger partial charge in [0.1, 0.15) is 24.1 Å². The highest BCUT2D eigenvalue weighted by atomic mass is 28.3. The standard InChI is InChI=1S/C29H44N8O3Si/c1-22(38)35-11-13-36(14-12-35)29-27-26(31-20-32-29)28(33-37(27)21-40-15-16-41(2,3)4)30-17-25(39)19-34-10-9-23-7-5-6-8-24(23)18-34/h5-8,20,25,39H,9-19,21H2,1-4H3,(H,30,33). The molecule has 2 aliphatic heterocycles. The van der Waals surface area contributed by atoms with Crippen LogP contribution < -0.4 is 10.2 Å². The fraction of sp³-hybridized carbons (Fsp3) is 0.586. The van der Waals surface area contributed by atoms with E-state index in [1.54, 1.807) is 13.3 Å². The second kappa shape index (κ2) is 12.8. The fourth-order valence-corrected chi connectivity index (χ4v) is 6.25. The Hall–Kier alpha value is -3.06. The Labute approximate surface area is 243 Å². The molecule has 12 heteroatoms. The van der Waals surface area contributed by atoms with Crippen LogP contribution in [0.25, 0.3) is 11.0 Å². The smallest absolute Gasteiger partial charge is 0.219 e. The molecule has 0 spiro atoms. The van der Waals surface area contributed by atoms with Crippen LogP contribution in [0.4, 0.5) is 11.6 Å². The Morgan fingerprint density at radius 1 is 1.10 bits per heavy atom. The summed E-state index contributed by atoms with van der Waals surface area (Å²) in [6, 6.07) is 9.61. The molecule has 0 saturated carbocycles. The summed E-state index contributed by atoms with van der Waals surface area (Å²) >= 11 is 0. The number of ether oxygens (including phenoxy) is 1. The first-order valence-electron chi connectivity index (χ1n) is 14.7. The molecule has 1 fully saturated rings. The lowest BCUT2D eigenvalue weighted by Gasteiger charge is -2.35.